The third-order valence-electron chi connectivity index (χ3n) is 3.39. The number of aromatic nitrogens is 2. The van der Waals surface area contributed by atoms with Crippen molar-refractivity contribution in [1.82, 2.24) is 10.2 Å². The van der Waals surface area contributed by atoms with Gasteiger partial charge in [-0.3, -0.25) is 0 Å². The number of nitrogens with zero attached hydrogens (tertiary/aromatic N) is 2. The Morgan fingerprint density at radius 2 is 1.61 bits per heavy atom. The number of benzene rings is 2. The predicted molar refractivity (Wildman–Crippen MR) is 82.6 cm³/mol. The van der Waals surface area contributed by atoms with Crippen LogP contribution in [0.4, 0.5) is 0 Å². The van der Waals surface area contributed by atoms with Crippen molar-refractivity contribution in [2.45, 2.75) is 18.7 Å². The van der Waals surface area contributed by atoms with Gasteiger partial charge < -0.3 is 8.97 Å². The molecule has 0 atom stereocenters. The van der Waals surface area contributed by atoms with Crippen molar-refractivity contribution in [2.24, 2.45) is 0 Å². The fourth-order valence-electron chi connectivity index (χ4n) is 2.24. The highest BCUT2D eigenvalue weighted by molar-refractivity contribution is 7.85. The maximum atomic E-state index is 11.6. The zero-order valence-corrected chi connectivity index (χ0v) is 13.3. The van der Waals surface area contributed by atoms with Crippen LogP contribution >= 0.6 is 0 Å². The summed E-state index contributed by atoms with van der Waals surface area (Å²) in [7, 11) is -4.69. The molecule has 0 N–H and O–H groups in total. The molecule has 2 aromatic carbocycles. The van der Waals surface area contributed by atoms with Crippen LogP contribution in [-0.2, 0) is 10.1 Å². The minimum atomic E-state index is -4.69. The normalized spacial score (nSPS) is 11.6. The summed E-state index contributed by atoms with van der Waals surface area (Å²) >= 11 is 0. The summed E-state index contributed by atoms with van der Waals surface area (Å²) in [5.41, 5.74) is 2.63. The highest BCUT2D eigenvalue weighted by Gasteiger charge is 2.17. The van der Waals surface area contributed by atoms with Gasteiger partial charge in [-0.25, -0.2) is 8.42 Å². The van der Waals surface area contributed by atoms with Crippen molar-refractivity contribution < 1.29 is 17.4 Å². The minimum Gasteiger partial charge on any atom is -0.744 e. The molecule has 1 heterocycles. The summed E-state index contributed by atoms with van der Waals surface area (Å²) in [6.07, 6.45) is 0. The van der Waals surface area contributed by atoms with Crippen LogP contribution < -0.4 is 0 Å². The first kappa shape index (κ1) is 15.4. The zero-order chi connectivity index (χ0) is 16.6. The molecule has 3 aromatic rings. The van der Waals surface area contributed by atoms with Crippen LogP contribution in [0.15, 0.2) is 51.8 Å². The highest BCUT2D eigenvalue weighted by atomic mass is 32.2. The molecule has 0 fully saturated rings. The lowest BCUT2D eigenvalue weighted by molar-refractivity contribution is 0.462. The monoisotopic (exact) mass is 329 g/mol. The molecule has 0 aliphatic heterocycles. The Labute approximate surface area is 133 Å². The topological polar surface area (TPSA) is 96.1 Å². The summed E-state index contributed by atoms with van der Waals surface area (Å²) in [5.74, 6) is 0.296. The van der Waals surface area contributed by atoms with E-state index in [4.69, 9.17) is 4.42 Å². The Hall–Kier alpha value is -2.51. The molecule has 0 saturated heterocycles. The van der Waals surface area contributed by atoms with Crippen LogP contribution in [0.3, 0.4) is 0 Å². The average Bonchev–Trinajstić information content (AvgIpc) is 2.93. The van der Waals surface area contributed by atoms with E-state index < -0.39 is 10.1 Å². The van der Waals surface area contributed by atoms with E-state index in [1.54, 1.807) is 13.0 Å². The van der Waals surface area contributed by atoms with Crippen molar-refractivity contribution in [1.29, 1.82) is 0 Å². The summed E-state index contributed by atoms with van der Waals surface area (Å²) in [5, 5.41) is 7.45. The molecule has 0 bridgehead atoms. The van der Waals surface area contributed by atoms with Crippen molar-refractivity contribution in [3.05, 3.63) is 53.9 Å². The lowest BCUT2D eigenvalue weighted by Crippen LogP contribution is -2.02. The summed E-state index contributed by atoms with van der Waals surface area (Å²) in [4.78, 5) is -0.376. The van der Waals surface area contributed by atoms with Gasteiger partial charge >= 0.3 is 0 Å². The molecule has 7 heteroatoms. The molecule has 0 radical (unpaired) electrons. The Kier molecular flexibility index (Phi) is 3.75. The van der Waals surface area contributed by atoms with E-state index in [1.807, 2.05) is 31.2 Å². The summed E-state index contributed by atoms with van der Waals surface area (Å²) in [6.45, 7) is 3.54. The van der Waals surface area contributed by atoms with Crippen LogP contribution in [0.25, 0.3) is 22.6 Å². The quantitative estimate of drug-likeness (QED) is 0.685. The first-order valence-electron chi connectivity index (χ1n) is 6.82. The molecule has 3 rings (SSSR count). The SMILES string of the molecule is Cc1ccc(-c2ccc(-c3nnc(C)o3)c(S(=O)(=O)[O-])c2)cc1. The first-order valence-corrected chi connectivity index (χ1v) is 8.23. The van der Waals surface area contributed by atoms with E-state index in [9.17, 15) is 13.0 Å². The van der Waals surface area contributed by atoms with Gasteiger partial charge in [-0.1, -0.05) is 35.9 Å². The second-order valence-corrected chi connectivity index (χ2v) is 6.51. The van der Waals surface area contributed by atoms with E-state index in [0.717, 1.165) is 11.1 Å². The van der Waals surface area contributed by atoms with Gasteiger partial charge in [-0.05, 0) is 30.2 Å². The average molecular weight is 329 g/mol. The Bertz CT molecular complexity index is 960. The number of rotatable bonds is 3. The fourth-order valence-corrected chi connectivity index (χ4v) is 2.93. The Morgan fingerprint density at radius 3 is 2.17 bits per heavy atom. The van der Waals surface area contributed by atoms with Crippen LogP contribution in [0.1, 0.15) is 11.5 Å². The van der Waals surface area contributed by atoms with E-state index in [-0.39, 0.29) is 22.2 Å². The standard InChI is InChI=1S/C16H14N2O4S/c1-10-3-5-12(6-4-10)13-7-8-14(15(9-13)23(19,20)21)16-18-17-11(2)22-16/h3-9H,1-2H3,(H,19,20,21)/p-1. The zero-order valence-electron chi connectivity index (χ0n) is 12.5. The number of hydrogen-bond acceptors (Lipinski definition) is 6. The van der Waals surface area contributed by atoms with Gasteiger partial charge in [0.05, 0.1) is 10.5 Å². The van der Waals surface area contributed by atoms with Crippen molar-refractivity contribution in [3.8, 4) is 22.6 Å². The van der Waals surface area contributed by atoms with E-state index in [2.05, 4.69) is 10.2 Å². The van der Waals surface area contributed by atoms with Crippen molar-refractivity contribution >= 4 is 10.1 Å². The molecule has 23 heavy (non-hydrogen) atoms. The van der Waals surface area contributed by atoms with E-state index >= 15 is 0 Å². The smallest absolute Gasteiger partial charge is 0.248 e. The second-order valence-electron chi connectivity index (χ2n) is 5.16. The molecule has 0 aliphatic carbocycles. The molecule has 6 nitrogen and oxygen atoms in total. The Morgan fingerprint density at radius 1 is 0.957 bits per heavy atom. The van der Waals surface area contributed by atoms with E-state index in [1.165, 1.54) is 12.1 Å². The molecule has 0 saturated carbocycles. The predicted octanol–water partition coefficient (Wildman–Crippen LogP) is 2.92. The molecule has 0 unspecified atom stereocenters. The molecular formula is C16H13N2O4S-. The minimum absolute atomic E-state index is 0.00683. The lowest BCUT2D eigenvalue weighted by atomic mass is 10.0. The largest absolute Gasteiger partial charge is 0.744 e. The van der Waals surface area contributed by atoms with Gasteiger partial charge in [-0.15, -0.1) is 10.2 Å². The molecule has 0 spiro atoms. The van der Waals surface area contributed by atoms with Crippen LogP contribution in [-0.4, -0.2) is 23.2 Å². The van der Waals surface area contributed by atoms with Crippen molar-refractivity contribution in [2.75, 3.05) is 0 Å². The van der Waals surface area contributed by atoms with Crippen LogP contribution in [0, 0.1) is 13.8 Å². The Balaban J connectivity index is 2.18. The van der Waals surface area contributed by atoms with Gasteiger partial charge in [0.15, 0.2) is 0 Å². The van der Waals surface area contributed by atoms with Gasteiger partial charge in [-0.2, -0.15) is 0 Å². The van der Waals surface area contributed by atoms with Gasteiger partial charge in [0.1, 0.15) is 10.1 Å². The van der Waals surface area contributed by atoms with Gasteiger partial charge in [0, 0.05) is 6.92 Å². The first-order chi connectivity index (χ1) is 10.8. The molecule has 0 amide bonds. The van der Waals surface area contributed by atoms with Crippen LogP contribution in [0.2, 0.25) is 0 Å². The molecule has 118 valence electrons. The molecular weight excluding hydrogens is 316 g/mol. The maximum absolute atomic E-state index is 11.6. The number of hydrogen-bond donors (Lipinski definition) is 0. The summed E-state index contributed by atoms with van der Waals surface area (Å²) < 4.78 is 40.1. The van der Waals surface area contributed by atoms with E-state index in [0.29, 0.717) is 5.56 Å². The second kappa shape index (κ2) is 5.60. The molecule has 1 aromatic heterocycles. The third kappa shape index (κ3) is 3.15. The van der Waals surface area contributed by atoms with Gasteiger partial charge in [0.2, 0.25) is 11.8 Å². The summed E-state index contributed by atoms with van der Waals surface area (Å²) in [6, 6.07) is 12.1. The molecule has 0 aliphatic rings. The van der Waals surface area contributed by atoms with Gasteiger partial charge in [0.25, 0.3) is 0 Å². The highest BCUT2D eigenvalue weighted by Crippen LogP contribution is 2.31. The lowest BCUT2D eigenvalue weighted by Gasteiger charge is -2.13. The maximum Gasteiger partial charge on any atom is 0.248 e. The third-order valence-corrected chi connectivity index (χ3v) is 4.27. The van der Waals surface area contributed by atoms with Crippen LogP contribution in [0.5, 0.6) is 0 Å². The fraction of sp³-hybridized carbons (Fsp3) is 0.125. The van der Waals surface area contributed by atoms with Crippen molar-refractivity contribution in [3.63, 3.8) is 0 Å². The number of aryl methyl sites for hydroxylation is 2.